The summed E-state index contributed by atoms with van der Waals surface area (Å²) in [5, 5.41) is 12.2. The minimum absolute atomic E-state index is 0.00275. The number of likely N-dealkylation sites (tertiary alicyclic amines) is 1. The smallest absolute Gasteiger partial charge is 0.239 e. The number of hydrogen-bond acceptors (Lipinski definition) is 4. The van der Waals surface area contributed by atoms with Crippen molar-refractivity contribution in [2.75, 3.05) is 26.7 Å². The third-order valence-corrected chi connectivity index (χ3v) is 4.75. The van der Waals surface area contributed by atoms with Gasteiger partial charge in [0.15, 0.2) is 0 Å². The van der Waals surface area contributed by atoms with Crippen LogP contribution < -0.4 is 5.32 Å². The van der Waals surface area contributed by atoms with Crippen LogP contribution in [0.5, 0.6) is 0 Å². The van der Waals surface area contributed by atoms with Crippen LogP contribution in [-0.4, -0.2) is 60.5 Å². The molecule has 2 fully saturated rings. The molecule has 20 heavy (non-hydrogen) atoms. The number of carbonyl (C=O) groups excluding carboxylic acids is 1. The van der Waals surface area contributed by atoms with E-state index in [0.717, 1.165) is 45.3 Å². The quantitative estimate of drug-likeness (QED) is 0.832. The van der Waals surface area contributed by atoms with Crippen LogP contribution in [0.25, 0.3) is 0 Å². The number of rotatable bonds is 4. The fraction of sp³-hybridized carbons (Fsp3) is 0.867. The van der Waals surface area contributed by atoms with Crippen molar-refractivity contribution in [3.05, 3.63) is 0 Å². The van der Waals surface area contributed by atoms with Crippen molar-refractivity contribution < 1.29 is 4.79 Å². The summed E-state index contributed by atoms with van der Waals surface area (Å²) in [5.74, 6) is 0.198. The lowest BCUT2D eigenvalue weighted by Crippen LogP contribution is -2.52. The normalized spacial score (nSPS) is 26.1. The maximum Gasteiger partial charge on any atom is 0.239 e. The molecule has 0 aromatic heterocycles. The van der Waals surface area contributed by atoms with Crippen LogP contribution in [0, 0.1) is 11.3 Å². The van der Waals surface area contributed by atoms with Gasteiger partial charge in [0, 0.05) is 19.1 Å². The summed E-state index contributed by atoms with van der Waals surface area (Å²) in [5.41, 5.74) is 0. The minimum Gasteiger partial charge on any atom is -0.341 e. The zero-order valence-electron chi connectivity index (χ0n) is 12.6. The van der Waals surface area contributed by atoms with Gasteiger partial charge in [0.25, 0.3) is 0 Å². The Hall–Kier alpha value is -1.12. The topological polar surface area (TPSA) is 59.4 Å². The molecule has 0 saturated carbocycles. The summed E-state index contributed by atoms with van der Waals surface area (Å²) < 4.78 is 0. The first-order valence-corrected chi connectivity index (χ1v) is 7.75. The third kappa shape index (κ3) is 3.31. The molecular formula is C15H26N4O. The van der Waals surface area contributed by atoms with Crippen molar-refractivity contribution in [3.63, 3.8) is 0 Å². The molecule has 112 valence electrons. The fourth-order valence-electron chi connectivity index (χ4n) is 3.35. The summed E-state index contributed by atoms with van der Waals surface area (Å²) in [4.78, 5) is 16.9. The average Bonchev–Trinajstić information content (AvgIpc) is 2.96. The zero-order chi connectivity index (χ0) is 14.5. The molecule has 0 aliphatic carbocycles. The van der Waals surface area contributed by atoms with Crippen molar-refractivity contribution in [2.45, 2.75) is 57.2 Å². The summed E-state index contributed by atoms with van der Waals surface area (Å²) >= 11 is 0. The Labute approximate surface area is 121 Å². The van der Waals surface area contributed by atoms with Crippen molar-refractivity contribution in [3.8, 4) is 6.07 Å². The van der Waals surface area contributed by atoms with Gasteiger partial charge in [-0.1, -0.05) is 0 Å². The van der Waals surface area contributed by atoms with E-state index < -0.39 is 0 Å². The minimum atomic E-state index is 0.00275. The highest BCUT2D eigenvalue weighted by atomic mass is 16.2. The molecule has 0 spiro atoms. The van der Waals surface area contributed by atoms with E-state index >= 15 is 0 Å². The standard InChI is InChI=1S/C15H26N4O/c1-12(5-8-16)18(2)15(20)14-4-3-11-19(14)13-6-9-17-10-7-13/h12-14,17H,3-7,9-11H2,1-2H3. The Morgan fingerprint density at radius 3 is 2.80 bits per heavy atom. The van der Waals surface area contributed by atoms with Crippen molar-refractivity contribution in [2.24, 2.45) is 0 Å². The number of nitrogens with zero attached hydrogens (tertiary/aromatic N) is 3. The van der Waals surface area contributed by atoms with Gasteiger partial charge in [0.2, 0.25) is 5.91 Å². The van der Waals surface area contributed by atoms with E-state index in [9.17, 15) is 4.79 Å². The van der Waals surface area contributed by atoms with Gasteiger partial charge in [0.1, 0.15) is 0 Å². The lowest BCUT2D eigenvalue weighted by atomic mass is 10.0. The largest absolute Gasteiger partial charge is 0.341 e. The number of hydrogen-bond donors (Lipinski definition) is 1. The average molecular weight is 278 g/mol. The number of nitrogens with one attached hydrogen (secondary N) is 1. The van der Waals surface area contributed by atoms with Gasteiger partial charge in [-0.05, 0) is 52.2 Å². The summed E-state index contributed by atoms with van der Waals surface area (Å²) in [6, 6.07) is 2.74. The molecule has 2 atom stereocenters. The molecule has 2 unspecified atom stereocenters. The lowest BCUT2D eigenvalue weighted by Gasteiger charge is -2.37. The van der Waals surface area contributed by atoms with Gasteiger partial charge >= 0.3 is 0 Å². The van der Waals surface area contributed by atoms with Gasteiger partial charge in [-0.25, -0.2) is 0 Å². The maximum atomic E-state index is 12.7. The summed E-state index contributed by atoms with van der Waals surface area (Å²) in [6.45, 7) is 5.11. The summed E-state index contributed by atoms with van der Waals surface area (Å²) in [6.07, 6.45) is 4.76. The van der Waals surface area contributed by atoms with Gasteiger partial charge in [0.05, 0.1) is 18.5 Å². The first-order valence-electron chi connectivity index (χ1n) is 7.75. The first-order chi connectivity index (χ1) is 9.65. The molecule has 2 heterocycles. The molecule has 2 saturated heterocycles. The SMILES string of the molecule is CC(CC#N)N(C)C(=O)C1CCCN1C1CCNCC1. The second kappa shape index (κ2) is 7.05. The van der Waals surface area contributed by atoms with E-state index in [1.165, 1.54) is 0 Å². The highest BCUT2D eigenvalue weighted by molar-refractivity contribution is 5.82. The van der Waals surface area contributed by atoms with Gasteiger partial charge in [-0.15, -0.1) is 0 Å². The van der Waals surface area contributed by atoms with Crippen LogP contribution in [0.3, 0.4) is 0 Å². The Bertz CT molecular complexity index is 373. The zero-order valence-corrected chi connectivity index (χ0v) is 12.6. The van der Waals surface area contributed by atoms with E-state index in [-0.39, 0.29) is 18.0 Å². The Balaban J connectivity index is 1.98. The molecule has 5 nitrogen and oxygen atoms in total. The molecule has 2 aliphatic heterocycles. The van der Waals surface area contributed by atoms with Gasteiger partial charge < -0.3 is 10.2 Å². The molecule has 1 amide bonds. The van der Waals surface area contributed by atoms with E-state index in [1.54, 1.807) is 4.90 Å². The van der Waals surface area contributed by atoms with Crippen molar-refractivity contribution in [1.82, 2.24) is 15.1 Å². The molecule has 2 aliphatic rings. The molecular weight excluding hydrogens is 252 g/mol. The van der Waals surface area contributed by atoms with Crippen LogP contribution in [-0.2, 0) is 4.79 Å². The number of likely N-dealkylation sites (N-methyl/N-ethyl adjacent to an activating group) is 1. The number of carbonyl (C=O) groups is 1. The van der Waals surface area contributed by atoms with Crippen LogP contribution in [0.4, 0.5) is 0 Å². The van der Waals surface area contributed by atoms with E-state index in [4.69, 9.17) is 5.26 Å². The Morgan fingerprint density at radius 2 is 2.15 bits per heavy atom. The van der Waals surface area contributed by atoms with Crippen LogP contribution in [0.15, 0.2) is 0 Å². The van der Waals surface area contributed by atoms with Gasteiger partial charge in [-0.2, -0.15) is 5.26 Å². The predicted octanol–water partition coefficient (Wildman–Crippen LogP) is 0.963. The van der Waals surface area contributed by atoms with Crippen LogP contribution in [0.1, 0.15) is 39.0 Å². The second-order valence-electron chi connectivity index (χ2n) is 6.04. The third-order valence-electron chi connectivity index (χ3n) is 4.75. The molecule has 2 rings (SSSR count). The summed E-state index contributed by atoms with van der Waals surface area (Å²) in [7, 11) is 1.84. The lowest BCUT2D eigenvalue weighted by molar-refractivity contribution is -0.137. The number of nitriles is 1. The number of piperidine rings is 1. The molecule has 0 aromatic carbocycles. The Morgan fingerprint density at radius 1 is 1.45 bits per heavy atom. The Kier molecular flexibility index (Phi) is 5.38. The monoisotopic (exact) mass is 278 g/mol. The first kappa shape index (κ1) is 15.3. The van der Waals surface area contributed by atoms with Gasteiger partial charge in [-0.3, -0.25) is 9.69 Å². The van der Waals surface area contributed by atoms with E-state index in [0.29, 0.717) is 12.5 Å². The molecule has 0 bridgehead atoms. The van der Waals surface area contributed by atoms with E-state index in [1.807, 2.05) is 14.0 Å². The second-order valence-corrected chi connectivity index (χ2v) is 6.04. The molecule has 0 aromatic rings. The molecule has 5 heteroatoms. The number of amides is 1. The predicted molar refractivity (Wildman–Crippen MR) is 78.1 cm³/mol. The molecule has 0 radical (unpaired) electrons. The highest BCUT2D eigenvalue weighted by Gasteiger charge is 2.37. The maximum absolute atomic E-state index is 12.7. The highest BCUT2D eigenvalue weighted by Crippen LogP contribution is 2.26. The van der Waals surface area contributed by atoms with Crippen LogP contribution >= 0.6 is 0 Å². The molecule has 1 N–H and O–H groups in total. The van der Waals surface area contributed by atoms with Crippen molar-refractivity contribution >= 4 is 5.91 Å². The van der Waals surface area contributed by atoms with Crippen LogP contribution in [0.2, 0.25) is 0 Å². The van der Waals surface area contributed by atoms with Crippen molar-refractivity contribution in [1.29, 1.82) is 5.26 Å². The fourth-order valence-corrected chi connectivity index (χ4v) is 3.35. The van der Waals surface area contributed by atoms with E-state index in [2.05, 4.69) is 16.3 Å².